The van der Waals surface area contributed by atoms with Gasteiger partial charge in [-0.3, -0.25) is 0 Å². The maximum atomic E-state index is 3.92. The highest BCUT2D eigenvalue weighted by Gasteiger charge is 2.33. The van der Waals surface area contributed by atoms with Gasteiger partial charge in [-0.05, 0) is 125 Å². The largest absolute Gasteiger partial charge is 0.382 e. The van der Waals surface area contributed by atoms with Crippen LogP contribution < -0.4 is 5.32 Å². The quantitative estimate of drug-likeness (QED) is 0.440. The smallest absolute Gasteiger partial charge is 0.0478 e. The van der Waals surface area contributed by atoms with Crippen LogP contribution in [0.1, 0.15) is 103 Å². The SMILES string of the molecule is C1=CCC(NC2=CC3CC4=C(CCCCC4)C4=C(CCCC4)CC4=C(C=CCC4)C3CC2)C=C1. The summed E-state index contributed by atoms with van der Waals surface area (Å²) in [6.45, 7) is 0. The molecule has 0 amide bonds. The minimum Gasteiger partial charge on any atom is -0.382 e. The van der Waals surface area contributed by atoms with Crippen molar-refractivity contribution in [2.75, 3.05) is 0 Å². The lowest BCUT2D eigenvalue weighted by Crippen LogP contribution is -2.31. The van der Waals surface area contributed by atoms with E-state index >= 15 is 0 Å². The van der Waals surface area contributed by atoms with Crippen molar-refractivity contribution < 1.29 is 0 Å². The zero-order valence-electron chi connectivity index (χ0n) is 21.1. The van der Waals surface area contributed by atoms with Crippen LogP contribution >= 0.6 is 0 Å². The third kappa shape index (κ3) is 4.73. The van der Waals surface area contributed by atoms with Crippen LogP contribution in [-0.4, -0.2) is 6.04 Å². The summed E-state index contributed by atoms with van der Waals surface area (Å²) in [4.78, 5) is 0. The van der Waals surface area contributed by atoms with Crippen molar-refractivity contribution in [2.45, 2.75) is 109 Å². The molecule has 3 atom stereocenters. The van der Waals surface area contributed by atoms with E-state index in [4.69, 9.17) is 0 Å². The summed E-state index contributed by atoms with van der Waals surface area (Å²) in [6, 6.07) is 0.472. The lowest BCUT2D eigenvalue weighted by molar-refractivity contribution is 0.382. The summed E-state index contributed by atoms with van der Waals surface area (Å²) in [7, 11) is 0. The molecule has 0 saturated heterocycles. The van der Waals surface area contributed by atoms with Crippen molar-refractivity contribution in [3.63, 3.8) is 0 Å². The normalized spacial score (nSPS) is 31.8. The molecule has 1 nitrogen and oxygen atoms in total. The van der Waals surface area contributed by atoms with Gasteiger partial charge in [0, 0.05) is 11.7 Å². The van der Waals surface area contributed by atoms with Crippen molar-refractivity contribution in [2.24, 2.45) is 11.8 Å². The van der Waals surface area contributed by atoms with Gasteiger partial charge in [-0.2, -0.15) is 0 Å². The first kappa shape index (κ1) is 22.4. The Morgan fingerprint density at radius 2 is 1.56 bits per heavy atom. The van der Waals surface area contributed by atoms with E-state index in [1.54, 1.807) is 11.1 Å². The molecule has 0 bridgehead atoms. The standard InChI is InChI=1S/C33H43N/c1-3-11-26-22-27-23-29(34-28-14-4-2-5-15-28)19-20-33(27)32-18-10-8-13-25(32)21-24-12-7-9-17-31(24)30(26)16-6-1/h2,4-5,10,14,18,23,27-28,33-34H,1,3,6-9,11-13,15-17,19-22H2. The Balaban J connectivity index is 1.41. The van der Waals surface area contributed by atoms with Gasteiger partial charge in [0.1, 0.15) is 0 Å². The van der Waals surface area contributed by atoms with Gasteiger partial charge in [0.05, 0.1) is 0 Å². The predicted molar refractivity (Wildman–Crippen MR) is 144 cm³/mol. The van der Waals surface area contributed by atoms with E-state index in [1.165, 1.54) is 102 Å². The first-order chi connectivity index (χ1) is 16.8. The molecular formula is C33H43N. The molecule has 1 heteroatoms. The van der Waals surface area contributed by atoms with Gasteiger partial charge in [-0.25, -0.2) is 0 Å². The highest BCUT2D eigenvalue weighted by atomic mass is 14.9. The Morgan fingerprint density at radius 1 is 0.735 bits per heavy atom. The molecule has 180 valence electrons. The van der Waals surface area contributed by atoms with E-state index in [0.29, 0.717) is 17.9 Å². The number of nitrogens with one attached hydrogen (secondary N) is 1. The molecule has 3 unspecified atom stereocenters. The molecule has 1 N–H and O–H groups in total. The van der Waals surface area contributed by atoms with Crippen LogP contribution in [-0.2, 0) is 0 Å². The molecule has 6 aliphatic carbocycles. The molecule has 34 heavy (non-hydrogen) atoms. The predicted octanol–water partition coefficient (Wildman–Crippen LogP) is 8.94. The minimum absolute atomic E-state index is 0.472. The molecule has 6 rings (SSSR count). The molecule has 6 aliphatic rings. The van der Waals surface area contributed by atoms with E-state index in [9.17, 15) is 0 Å². The Morgan fingerprint density at radius 3 is 2.47 bits per heavy atom. The van der Waals surface area contributed by atoms with Crippen molar-refractivity contribution in [3.05, 3.63) is 81.7 Å². The average Bonchev–Trinajstić information content (AvgIpc) is 3.11. The first-order valence-electron chi connectivity index (χ1n) is 14.5. The number of hydrogen-bond donors (Lipinski definition) is 1. The van der Waals surface area contributed by atoms with Gasteiger partial charge in [-0.1, -0.05) is 65.7 Å². The fourth-order valence-corrected chi connectivity index (χ4v) is 7.73. The van der Waals surface area contributed by atoms with Gasteiger partial charge in [-0.15, -0.1) is 0 Å². The summed E-state index contributed by atoms with van der Waals surface area (Å²) < 4.78 is 0. The van der Waals surface area contributed by atoms with Crippen LogP contribution in [0.2, 0.25) is 0 Å². The van der Waals surface area contributed by atoms with E-state index in [1.807, 2.05) is 22.3 Å². The van der Waals surface area contributed by atoms with Crippen LogP contribution in [0.25, 0.3) is 0 Å². The highest BCUT2D eigenvalue weighted by Crippen LogP contribution is 2.47. The van der Waals surface area contributed by atoms with Gasteiger partial charge in [0.2, 0.25) is 0 Å². The van der Waals surface area contributed by atoms with Gasteiger partial charge < -0.3 is 5.32 Å². The second-order valence-corrected chi connectivity index (χ2v) is 11.6. The van der Waals surface area contributed by atoms with Crippen LogP contribution in [0.15, 0.2) is 81.7 Å². The van der Waals surface area contributed by atoms with Crippen molar-refractivity contribution >= 4 is 0 Å². The molecule has 0 aromatic carbocycles. The van der Waals surface area contributed by atoms with Crippen LogP contribution in [0.4, 0.5) is 0 Å². The lowest BCUT2D eigenvalue weighted by Gasteiger charge is -2.37. The molecule has 0 fully saturated rings. The van der Waals surface area contributed by atoms with Crippen LogP contribution in [0, 0.1) is 11.8 Å². The number of hydrogen-bond acceptors (Lipinski definition) is 1. The van der Waals surface area contributed by atoms with Gasteiger partial charge in [0.25, 0.3) is 0 Å². The summed E-state index contributed by atoms with van der Waals surface area (Å²) in [5.74, 6) is 1.36. The molecular weight excluding hydrogens is 410 g/mol. The maximum absolute atomic E-state index is 3.92. The molecule has 0 radical (unpaired) electrons. The van der Waals surface area contributed by atoms with Gasteiger partial charge in [0.15, 0.2) is 0 Å². The molecule has 0 heterocycles. The summed E-state index contributed by atoms with van der Waals surface area (Å²) in [5, 5.41) is 3.92. The molecule has 0 spiro atoms. The summed E-state index contributed by atoms with van der Waals surface area (Å²) in [5.41, 5.74) is 12.4. The highest BCUT2D eigenvalue weighted by molar-refractivity contribution is 5.46. The Bertz CT molecular complexity index is 1010. The molecule has 0 aromatic heterocycles. The zero-order valence-corrected chi connectivity index (χ0v) is 21.1. The minimum atomic E-state index is 0.472. The summed E-state index contributed by atoms with van der Waals surface area (Å²) >= 11 is 0. The molecule has 0 aromatic rings. The maximum Gasteiger partial charge on any atom is 0.0478 e. The van der Waals surface area contributed by atoms with Crippen molar-refractivity contribution in [1.29, 1.82) is 0 Å². The summed E-state index contributed by atoms with van der Waals surface area (Å²) in [6.07, 6.45) is 38.0. The van der Waals surface area contributed by atoms with E-state index in [0.717, 1.165) is 6.42 Å². The van der Waals surface area contributed by atoms with Gasteiger partial charge >= 0.3 is 0 Å². The molecule has 0 aliphatic heterocycles. The van der Waals surface area contributed by atoms with Crippen LogP contribution in [0.5, 0.6) is 0 Å². The Labute approximate surface area is 207 Å². The van der Waals surface area contributed by atoms with Crippen LogP contribution in [0.3, 0.4) is 0 Å². The Kier molecular flexibility index (Phi) is 6.80. The Hall–Kier alpha value is -2.02. The monoisotopic (exact) mass is 453 g/mol. The fraction of sp³-hybridized carbons (Fsp3) is 0.576. The van der Waals surface area contributed by atoms with E-state index < -0.39 is 0 Å². The number of allylic oxidation sites excluding steroid dienone is 12. The number of fused-ring (bicyclic) bond motifs is 3. The second kappa shape index (κ2) is 10.3. The average molecular weight is 454 g/mol. The van der Waals surface area contributed by atoms with E-state index in [-0.39, 0.29) is 0 Å². The first-order valence-corrected chi connectivity index (χ1v) is 14.5. The van der Waals surface area contributed by atoms with E-state index in [2.05, 4.69) is 47.8 Å². The molecule has 0 saturated carbocycles. The topological polar surface area (TPSA) is 12.0 Å². The number of rotatable bonds is 2. The van der Waals surface area contributed by atoms with Crippen molar-refractivity contribution in [3.8, 4) is 0 Å². The lowest BCUT2D eigenvalue weighted by atomic mass is 9.69. The van der Waals surface area contributed by atoms with Crippen molar-refractivity contribution in [1.82, 2.24) is 5.32 Å². The third-order valence-corrected chi connectivity index (χ3v) is 9.41. The second-order valence-electron chi connectivity index (χ2n) is 11.6. The third-order valence-electron chi connectivity index (χ3n) is 9.41. The fourth-order valence-electron chi connectivity index (χ4n) is 7.73. The zero-order chi connectivity index (χ0) is 22.7.